The van der Waals surface area contributed by atoms with Crippen LogP contribution < -0.4 is 5.32 Å². The van der Waals surface area contributed by atoms with Crippen molar-refractivity contribution in [3.8, 4) is 0 Å². The van der Waals surface area contributed by atoms with Crippen molar-refractivity contribution in [3.63, 3.8) is 0 Å². The van der Waals surface area contributed by atoms with Crippen LogP contribution in [0.3, 0.4) is 0 Å². The highest BCUT2D eigenvalue weighted by atomic mass is 19.4. The topological polar surface area (TPSA) is 60.3 Å². The van der Waals surface area contributed by atoms with Gasteiger partial charge in [0.25, 0.3) is 5.78 Å². The Balaban J connectivity index is 2.56. The first-order chi connectivity index (χ1) is 8.84. The van der Waals surface area contributed by atoms with Gasteiger partial charge in [-0.25, -0.2) is 0 Å². The summed E-state index contributed by atoms with van der Waals surface area (Å²) in [6.45, 7) is 0.495. The fraction of sp³-hybridized carbons (Fsp3) is 0.455. The average Bonchev–Trinajstić information content (AvgIpc) is 2.75. The smallest absolute Gasteiger partial charge is 0.383 e. The van der Waals surface area contributed by atoms with Crippen molar-refractivity contribution in [3.05, 3.63) is 24.0 Å². The zero-order valence-corrected chi connectivity index (χ0v) is 10.2. The first-order valence-electron chi connectivity index (χ1n) is 5.37. The van der Waals surface area contributed by atoms with Crippen molar-refractivity contribution in [2.45, 2.75) is 12.7 Å². The molecule has 0 aliphatic rings. The van der Waals surface area contributed by atoms with Crippen LogP contribution >= 0.6 is 0 Å². The number of ketones is 1. The van der Waals surface area contributed by atoms with E-state index in [1.54, 1.807) is 0 Å². The molecule has 19 heavy (non-hydrogen) atoms. The van der Waals surface area contributed by atoms with Crippen LogP contribution in [0.2, 0.25) is 0 Å². The van der Waals surface area contributed by atoms with E-state index in [0.29, 0.717) is 13.2 Å². The summed E-state index contributed by atoms with van der Waals surface area (Å²) in [5, 5.41) is 2.51. The molecule has 0 radical (unpaired) electrons. The number of halogens is 3. The van der Waals surface area contributed by atoms with E-state index >= 15 is 0 Å². The van der Waals surface area contributed by atoms with Gasteiger partial charge < -0.3 is 14.6 Å². The van der Waals surface area contributed by atoms with Gasteiger partial charge in [-0.3, -0.25) is 9.59 Å². The lowest BCUT2D eigenvalue weighted by Crippen LogP contribution is -2.30. The van der Waals surface area contributed by atoms with Gasteiger partial charge in [0.1, 0.15) is 6.54 Å². The molecule has 1 N–H and O–H groups in total. The SMILES string of the molecule is COCCNC(=O)Cn1ccc(C(=O)C(F)(F)F)c1. The predicted molar refractivity (Wildman–Crippen MR) is 59.7 cm³/mol. The molecule has 0 aliphatic carbocycles. The molecule has 0 saturated heterocycles. The molecule has 0 spiro atoms. The van der Waals surface area contributed by atoms with E-state index in [2.05, 4.69) is 5.32 Å². The van der Waals surface area contributed by atoms with Gasteiger partial charge in [0, 0.05) is 31.6 Å². The molecule has 0 aliphatic heterocycles. The quantitative estimate of drug-likeness (QED) is 0.623. The van der Waals surface area contributed by atoms with E-state index in [1.807, 2.05) is 0 Å². The maximum Gasteiger partial charge on any atom is 0.454 e. The minimum absolute atomic E-state index is 0.158. The third kappa shape index (κ3) is 4.74. The minimum Gasteiger partial charge on any atom is -0.383 e. The summed E-state index contributed by atoms with van der Waals surface area (Å²) in [6.07, 6.45) is -2.67. The lowest BCUT2D eigenvalue weighted by molar-refractivity contribution is -0.121. The number of methoxy groups -OCH3 is 1. The van der Waals surface area contributed by atoms with Gasteiger partial charge in [0.2, 0.25) is 5.91 Å². The molecule has 1 rings (SSSR count). The number of aromatic nitrogens is 1. The van der Waals surface area contributed by atoms with E-state index in [-0.39, 0.29) is 12.5 Å². The Morgan fingerprint density at radius 2 is 2.11 bits per heavy atom. The number of Topliss-reactive ketones (excluding diaryl/α,β-unsaturated/α-hetero) is 1. The van der Waals surface area contributed by atoms with Gasteiger partial charge in [0.05, 0.1) is 6.61 Å². The summed E-state index contributed by atoms with van der Waals surface area (Å²) in [5.41, 5.74) is -0.489. The van der Waals surface area contributed by atoms with Crippen LogP contribution in [0.4, 0.5) is 13.2 Å². The Labute approximate surface area is 107 Å². The molecular weight excluding hydrogens is 265 g/mol. The van der Waals surface area contributed by atoms with Gasteiger partial charge in [-0.1, -0.05) is 0 Å². The van der Waals surface area contributed by atoms with Crippen molar-refractivity contribution in [2.75, 3.05) is 20.3 Å². The second-order valence-electron chi connectivity index (χ2n) is 3.74. The maximum atomic E-state index is 12.2. The molecule has 0 fully saturated rings. The molecule has 0 unspecified atom stereocenters. The van der Waals surface area contributed by atoms with Gasteiger partial charge in [-0.15, -0.1) is 0 Å². The van der Waals surface area contributed by atoms with E-state index in [9.17, 15) is 22.8 Å². The van der Waals surface area contributed by atoms with Crippen molar-refractivity contribution in [1.82, 2.24) is 9.88 Å². The summed E-state index contributed by atoms with van der Waals surface area (Å²) < 4.78 is 42.4. The largest absolute Gasteiger partial charge is 0.454 e. The molecule has 5 nitrogen and oxygen atoms in total. The summed E-state index contributed by atoms with van der Waals surface area (Å²) >= 11 is 0. The van der Waals surface area contributed by atoms with Crippen LogP contribution in [0.1, 0.15) is 10.4 Å². The third-order valence-electron chi connectivity index (χ3n) is 2.22. The van der Waals surface area contributed by atoms with E-state index < -0.39 is 17.5 Å². The van der Waals surface area contributed by atoms with Gasteiger partial charge in [0.15, 0.2) is 0 Å². The average molecular weight is 278 g/mol. The molecule has 1 aromatic rings. The fourth-order valence-corrected chi connectivity index (χ4v) is 1.35. The predicted octanol–water partition coefficient (Wildman–Crippen LogP) is 0.996. The number of nitrogens with zero attached hydrogens (tertiary/aromatic N) is 1. The number of amides is 1. The van der Waals surface area contributed by atoms with Gasteiger partial charge in [-0.2, -0.15) is 13.2 Å². The van der Waals surface area contributed by atoms with Crippen molar-refractivity contribution < 1.29 is 27.5 Å². The molecule has 1 amide bonds. The van der Waals surface area contributed by atoms with Crippen molar-refractivity contribution in [1.29, 1.82) is 0 Å². The standard InChI is InChI=1S/C11H13F3N2O3/c1-19-5-3-15-9(17)7-16-4-2-8(6-16)10(18)11(12,13)14/h2,4,6H,3,5,7H2,1H3,(H,15,17). The second-order valence-corrected chi connectivity index (χ2v) is 3.74. The van der Waals surface area contributed by atoms with Crippen LogP contribution in [0.15, 0.2) is 18.5 Å². The number of nitrogens with one attached hydrogen (secondary N) is 1. The highest BCUT2D eigenvalue weighted by molar-refractivity contribution is 6.00. The Hall–Kier alpha value is -1.83. The molecule has 8 heteroatoms. The van der Waals surface area contributed by atoms with Crippen LogP contribution in [0.25, 0.3) is 0 Å². The Morgan fingerprint density at radius 1 is 1.42 bits per heavy atom. The number of alkyl halides is 3. The summed E-state index contributed by atoms with van der Waals surface area (Å²) in [5.74, 6) is -2.30. The normalized spacial score (nSPS) is 11.4. The number of hydrogen-bond acceptors (Lipinski definition) is 3. The Kier molecular flexibility index (Phi) is 5.11. The lowest BCUT2D eigenvalue weighted by Gasteiger charge is -2.05. The van der Waals surface area contributed by atoms with E-state index in [0.717, 1.165) is 12.3 Å². The second kappa shape index (κ2) is 6.37. The number of carbonyl (C=O) groups excluding carboxylic acids is 2. The zero-order valence-electron chi connectivity index (χ0n) is 10.2. The summed E-state index contributed by atoms with van der Waals surface area (Å²) in [6, 6.07) is 1.03. The van der Waals surface area contributed by atoms with Crippen molar-refractivity contribution in [2.24, 2.45) is 0 Å². The van der Waals surface area contributed by atoms with Crippen LogP contribution in [-0.4, -0.2) is 42.7 Å². The highest BCUT2D eigenvalue weighted by Crippen LogP contribution is 2.21. The minimum atomic E-state index is -4.91. The summed E-state index contributed by atoms with van der Waals surface area (Å²) in [4.78, 5) is 22.3. The zero-order chi connectivity index (χ0) is 14.5. The molecule has 106 valence electrons. The van der Waals surface area contributed by atoms with Crippen LogP contribution in [0.5, 0.6) is 0 Å². The van der Waals surface area contributed by atoms with Gasteiger partial charge >= 0.3 is 6.18 Å². The molecule has 0 saturated carbocycles. The molecular formula is C11H13F3N2O3. The Morgan fingerprint density at radius 3 is 2.68 bits per heavy atom. The Bertz CT molecular complexity index is 454. The number of carbonyl (C=O) groups is 2. The maximum absolute atomic E-state index is 12.2. The molecule has 0 bridgehead atoms. The third-order valence-corrected chi connectivity index (χ3v) is 2.22. The number of ether oxygens (including phenoxy) is 1. The van der Waals surface area contributed by atoms with Crippen LogP contribution in [0, 0.1) is 0 Å². The number of rotatable bonds is 6. The first kappa shape index (κ1) is 15.2. The molecule has 1 heterocycles. The first-order valence-corrected chi connectivity index (χ1v) is 5.37. The lowest BCUT2D eigenvalue weighted by atomic mass is 10.2. The monoisotopic (exact) mass is 278 g/mol. The molecule has 0 aromatic carbocycles. The fourth-order valence-electron chi connectivity index (χ4n) is 1.35. The number of hydrogen-bond donors (Lipinski definition) is 1. The summed E-state index contributed by atoms with van der Waals surface area (Å²) in [7, 11) is 1.48. The molecule has 0 atom stereocenters. The van der Waals surface area contributed by atoms with E-state index in [1.165, 1.54) is 17.9 Å². The van der Waals surface area contributed by atoms with Gasteiger partial charge in [-0.05, 0) is 6.07 Å². The van der Waals surface area contributed by atoms with Crippen LogP contribution in [-0.2, 0) is 16.1 Å². The highest BCUT2D eigenvalue weighted by Gasteiger charge is 2.39. The van der Waals surface area contributed by atoms with E-state index in [4.69, 9.17) is 4.74 Å². The van der Waals surface area contributed by atoms with Crippen molar-refractivity contribution >= 4 is 11.7 Å². The molecule has 1 aromatic heterocycles.